The van der Waals surface area contributed by atoms with Gasteiger partial charge in [0, 0.05) is 31.1 Å². The van der Waals surface area contributed by atoms with Crippen LogP contribution < -0.4 is 14.8 Å². The zero-order valence-corrected chi connectivity index (χ0v) is 25.7. The van der Waals surface area contributed by atoms with Crippen molar-refractivity contribution in [2.45, 2.75) is 69.6 Å². The Morgan fingerprint density at radius 2 is 1.93 bits per heavy atom. The zero-order chi connectivity index (χ0) is 31.9. The molecule has 3 heterocycles. The molecule has 11 nitrogen and oxygen atoms in total. The van der Waals surface area contributed by atoms with Crippen LogP contribution >= 0.6 is 0 Å². The largest absolute Gasteiger partial charge is 0.496 e. The summed E-state index contributed by atoms with van der Waals surface area (Å²) in [6, 6.07) is 8.29. The second-order valence-corrected chi connectivity index (χ2v) is 12.4. The number of aliphatic carboxylic acids is 1. The number of carbonyl (C=O) groups is 3. The highest BCUT2D eigenvalue weighted by molar-refractivity contribution is 5.94. The molecule has 238 valence electrons. The van der Waals surface area contributed by atoms with Gasteiger partial charge in [0.05, 0.1) is 24.6 Å². The number of ether oxygens (including phenoxy) is 2. The molecule has 2 aromatic carbocycles. The normalized spacial score (nSPS) is 25.6. The lowest BCUT2D eigenvalue weighted by molar-refractivity contribution is -0.144. The molecule has 1 aliphatic carbocycles. The third kappa shape index (κ3) is 5.85. The first-order valence-electron chi connectivity index (χ1n) is 15.5. The molecule has 0 spiro atoms. The van der Waals surface area contributed by atoms with E-state index in [1.54, 1.807) is 43.3 Å². The van der Waals surface area contributed by atoms with Gasteiger partial charge in [0.25, 0.3) is 0 Å². The molecule has 2 N–H and O–H groups in total. The molecule has 0 bridgehead atoms. The van der Waals surface area contributed by atoms with Gasteiger partial charge in [0.15, 0.2) is 5.82 Å². The van der Waals surface area contributed by atoms with Crippen LogP contribution in [0.2, 0.25) is 0 Å². The second kappa shape index (κ2) is 12.1. The number of methoxy groups -OCH3 is 1. The van der Waals surface area contributed by atoms with E-state index < -0.39 is 35.4 Å². The number of fused-ring (bicyclic) bond motifs is 3. The Bertz CT molecular complexity index is 1650. The van der Waals surface area contributed by atoms with E-state index in [0.717, 1.165) is 37.7 Å². The minimum absolute atomic E-state index is 0.0979. The van der Waals surface area contributed by atoms with Gasteiger partial charge < -0.3 is 29.7 Å². The third-order valence-corrected chi connectivity index (χ3v) is 9.38. The molecule has 12 heteroatoms. The van der Waals surface area contributed by atoms with Gasteiger partial charge in [-0.2, -0.15) is 4.98 Å². The summed E-state index contributed by atoms with van der Waals surface area (Å²) in [4.78, 5) is 52.2. The Balaban J connectivity index is 1.35. The quantitative estimate of drug-likeness (QED) is 0.425. The number of amides is 3. The van der Waals surface area contributed by atoms with Gasteiger partial charge in [-0.25, -0.2) is 19.0 Å². The molecule has 45 heavy (non-hydrogen) atoms. The number of nitrogens with one attached hydrogen (secondary N) is 1. The molecule has 2 aliphatic heterocycles. The first-order chi connectivity index (χ1) is 21.6. The topological polar surface area (TPSA) is 134 Å². The molecule has 3 aliphatic rings. The molecule has 1 saturated carbocycles. The number of carbonyl (C=O) groups excluding carboxylic acids is 2. The predicted molar refractivity (Wildman–Crippen MR) is 163 cm³/mol. The Labute approximate surface area is 260 Å². The highest BCUT2D eigenvalue weighted by Crippen LogP contribution is 2.47. The van der Waals surface area contributed by atoms with Crippen LogP contribution in [0.1, 0.15) is 50.5 Å². The van der Waals surface area contributed by atoms with E-state index in [4.69, 9.17) is 14.5 Å². The number of benzene rings is 2. The van der Waals surface area contributed by atoms with Crippen LogP contribution in [0.15, 0.2) is 36.4 Å². The second-order valence-electron chi connectivity index (χ2n) is 12.4. The zero-order valence-electron chi connectivity index (χ0n) is 25.7. The molecular weight excluding hydrogens is 581 g/mol. The van der Waals surface area contributed by atoms with Crippen LogP contribution in [0.4, 0.5) is 9.18 Å². The van der Waals surface area contributed by atoms with Crippen molar-refractivity contribution in [2.75, 3.05) is 27.2 Å². The van der Waals surface area contributed by atoms with E-state index in [1.807, 2.05) is 6.92 Å². The summed E-state index contributed by atoms with van der Waals surface area (Å²) in [7, 11) is 3.28. The van der Waals surface area contributed by atoms with E-state index in [2.05, 4.69) is 10.3 Å². The van der Waals surface area contributed by atoms with E-state index in [1.165, 1.54) is 17.0 Å². The van der Waals surface area contributed by atoms with Gasteiger partial charge in [0.2, 0.25) is 11.8 Å². The number of aromatic nitrogens is 2. The maximum atomic E-state index is 14.2. The van der Waals surface area contributed by atoms with Crippen molar-refractivity contribution in [3.05, 3.63) is 47.8 Å². The summed E-state index contributed by atoms with van der Waals surface area (Å²) < 4.78 is 26.2. The van der Waals surface area contributed by atoms with Crippen molar-refractivity contribution >= 4 is 28.8 Å². The Morgan fingerprint density at radius 3 is 2.69 bits per heavy atom. The Morgan fingerprint density at radius 1 is 1.13 bits per heavy atom. The molecule has 2 saturated heterocycles. The SMILES string of the molecule is COc1ccc2c(O[C@@H]3C[C@H]4C(=O)N[C@]5(C(=O)O)C[C@H]5CCCCCCN(C)C(=O)N4C3)nc(-c3cccc(F)c3)nc2c1C. The molecule has 3 amide bonds. The molecular formula is C33H38FN5O6. The molecule has 4 atom stereocenters. The van der Waals surface area contributed by atoms with Crippen molar-refractivity contribution < 1.29 is 33.4 Å². The number of carboxylic acids is 1. The molecule has 1 aromatic heterocycles. The van der Waals surface area contributed by atoms with Crippen molar-refractivity contribution in [1.82, 2.24) is 25.1 Å². The smallest absolute Gasteiger partial charge is 0.329 e. The number of nitrogens with zero attached hydrogens (tertiary/aromatic N) is 4. The molecule has 0 radical (unpaired) electrons. The lowest BCUT2D eigenvalue weighted by atomic mass is 10.0. The lowest BCUT2D eigenvalue weighted by Gasteiger charge is -2.30. The fourth-order valence-electron chi connectivity index (χ4n) is 6.71. The average molecular weight is 620 g/mol. The van der Waals surface area contributed by atoms with Crippen LogP contribution in [-0.4, -0.2) is 87.7 Å². The first-order valence-corrected chi connectivity index (χ1v) is 15.5. The number of urea groups is 1. The highest BCUT2D eigenvalue weighted by Gasteiger charge is 2.62. The van der Waals surface area contributed by atoms with Gasteiger partial charge in [0.1, 0.15) is 29.3 Å². The molecule has 6 rings (SSSR count). The predicted octanol–water partition coefficient (Wildman–Crippen LogP) is 4.55. The summed E-state index contributed by atoms with van der Waals surface area (Å²) in [5, 5.41) is 13.5. The van der Waals surface area contributed by atoms with Gasteiger partial charge in [-0.1, -0.05) is 31.4 Å². The van der Waals surface area contributed by atoms with Crippen LogP contribution in [0.25, 0.3) is 22.3 Å². The minimum Gasteiger partial charge on any atom is -0.496 e. The van der Waals surface area contributed by atoms with Crippen molar-refractivity contribution in [1.29, 1.82) is 0 Å². The average Bonchev–Trinajstić information content (AvgIpc) is 3.56. The van der Waals surface area contributed by atoms with E-state index in [0.29, 0.717) is 35.2 Å². The lowest BCUT2D eigenvalue weighted by Crippen LogP contribution is -2.54. The number of aryl methyl sites for hydroxylation is 1. The third-order valence-electron chi connectivity index (χ3n) is 9.38. The first kappa shape index (κ1) is 30.5. The molecule has 3 fully saturated rings. The van der Waals surface area contributed by atoms with Gasteiger partial charge >= 0.3 is 12.0 Å². The summed E-state index contributed by atoms with van der Waals surface area (Å²) in [5.74, 6) is -1.01. The molecule has 0 unspecified atom stereocenters. The summed E-state index contributed by atoms with van der Waals surface area (Å²) in [5.41, 5.74) is 0.464. The maximum Gasteiger partial charge on any atom is 0.329 e. The van der Waals surface area contributed by atoms with Crippen molar-refractivity contribution in [3.63, 3.8) is 0 Å². The summed E-state index contributed by atoms with van der Waals surface area (Å²) in [6.07, 6.45) is 4.21. The Hall–Kier alpha value is -4.48. The van der Waals surface area contributed by atoms with Crippen molar-refractivity contribution in [2.24, 2.45) is 5.92 Å². The van der Waals surface area contributed by atoms with Crippen LogP contribution in [0.3, 0.4) is 0 Å². The van der Waals surface area contributed by atoms with Gasteiger partial charge in [-0.15, -0.1) is 0 Å². The van der Waals surface area contributed by atoms with Crippen molar-refractivity contribution in [3.8, 4) is 23.0 Å². The van der Waals surface area contributed by atoms with Crippen LogP contribution in [0, 0.1) is 18.7 Å². The number of hydrogen-bond acceptors (Lipinski definition) is 7. The van der Waals surface area contributed by atoms with Crippen LogP contribution in [-0.2, 0) is 9.59 Å². The van der Waals surface area contributed by atoms with E-state index in [-0.39, 0.29) is 36.6 Å². The maximum absolute atomic E-state index is 14.2. The number of hydrogen-bond donors (Lipinski definition) is 2. The summed E-state index contributed by atoms with van der Waals surface area (Å²) >= 11 is 0. The van der Waals surface area contributed by atoms with E-state index >= 15 is 0 Å². The fraction of sp³-hybridized carbons (Fsp3) is 0.485. The van der Waals surface area contributed by atoms with Gasteiger partial charge in [-0.05, 0) is 56.4 Å². The van der Waals surface area contributed by atoms with Crippen LogP contribution in [0.5, 0.6) is 11.6 Å². The Kier molecular flexibility index (Phi) is 8.23. The molecule has 3 aromatic rings. The summed E-state index contributed by atoms with van der Waals surface area (Å²) in [6.45, 7) is 2.51. The highest BCUT2D eigenvalue weighted by atomic mass is 19.1. The number of rotatable bonds is 5. The fourth-order valence-corrected chi connectivity index (χ4v) is 6.71. The monoisotopic (exact) mass is 619 g/mol. The number of carboxylic acid groups (broad SMARTS) is 1. The minimum atomic E-state index is -1.31. The van der Waals surface area contributed by atoms with Gasteiger partial charge in [-0.3, -0.25) is 4.79 Å². The standard InChI is InChI=1S/C33H38FN5O6/c1-19-26(44-3)13-12-24-27(19)35-28(20-9-8-11-22(34)15-20)36-30(24)45-23-16-25-29(40)37-33(31(41)42)17-21(33)10-6-4-5-7-14-38(2)32(43)39(25)18-23/h8-9,11-13,15,21,23,25H,4-7,10,14,16-18H2,1-3H3,(H,37,40)(H,41,42)/t21-,23-,25+,33-/m1/s1. The van der Waals surface area contributed by atoms with E-state index in [9.17, 15) is 23.9 Å². The number of halogens is 1.